The van der Waals surface area contributed by atoms with Gasteiger partial charge in [-0.05, 0) is 30.7 Å². The van der Waals surface area contributed by atoms with Crippen LogP contribution >= 0.6 is 0 Å². The number of piperazine rings is 1. The molecule has 2 aromatic heterocycles. The van der Waals surface area contributed by atoms with Gasteiger partial charge in [0, 0.05) is 51.4 Å². The number of anilines is 1. The topological polar surface area (TPSA) is 93.0 Å². The number of benzene rings is 1. The first-order chi connectivity index (χ1) is 17.0. The van der Waals surface area contributed by atoms with Crippen LogP contribution in [0, 0.1) is 5.82 Å². The minimum atomic E-state index is -0.480. The lowest BCUT2D eigenvalue weighted by Gasteiger charge is -2.34. The summed E-state index contributed by atoms with van der Waals surface area (Å²) in [4.78, 5) is 26.9. The van der Waals surface area contributed by atoms with Gasteiger partial charge in [-0.25, -0.2) is 9.37 Å². The van der Waals surface area contributed by atoms with E-state index in [1.807, 2.05) is 11.8 Å². The van der Waals surface area contributed by atoms with Gasteiger partial charge in [-0.15, -0.1) is 0 Å². The smallest absolute Gasteiger partial charge is 0.294 e. The maximum Gasteiger partial charge on any atom is 0.294 e. The van der Waals surface area contributed by atoms with E-state index < -0.39 is 5.82 Å². The fraction of sp³-hybridized carbons (Fsp3) is 0.480. The molecule has 0 saturated carbocycles. The number of hydrogen-bond donors (Lipinski definition) is 1. The maximum atomic E-state index is 14.3. The molecule has 0 amide bonds. The van der Waals surface area contributed by atoms with Crippen LogP contribution in [0.25, 0.3) is 22.3 Å². The predicted octanol–water partition coefficient (Wildman–Crippen LogP) is 2.15. The third kappa shape index (κ3) is 5.61. The zero-order chi connectivity index (χ0) is 24.8. The highest BCUT2D eigenvalue weighted by molar-refractivity contribution is 5.80. The number of ether oxygens (including phenoxy) is 2. The summed E-state index contributed by atoms with van der Waals surface area (Å²) in [7, 11) is 1.42. The Labute approximate surface area is 203 Å². The van der Waals surface area contributed by atoms with E-state index in [2.05, 4.69) is 14.9 Å². The van der Waals surface area contributed by atoms with Crippen LogP contribution in [0.2, 0.25) is 0 Å². The molecule has 0 radical (unpaired) electrons. The summed E-state index contributed by atoms with van der Waals surface area (Å²) in [6, 6.07) is 6.43. The van der Waals surface area contributed by atoms with Crippen molar-refractivity contribution in [2.75, 3.05) is 64.6 Å². The Hall–Kier alpha value is -3.08. The first-order valence-corrected chi connectivity index (χ1v) is 12.0. The fourth-order valence-electron chi connectivity index (χ4n) is 4.27. The Morgan fingerprint density at radius 1 is 1.11 bits per heavy atom. The molecule has 1 aromatic carbocycles. The molecule has 9 nitrogen and oxygen atoms in total. The van der Waals surface area contributed by atoms with Gasteiger partial charge in [-0.1, -0.05) is 6.92 Å². The highest BCUT2D eigenvalue weighted by Crippen LogP contribution is 2.26. The van der Waals surface area contributed by atoms with E-state index in [1.54, 1.807) is 29.0 Å². The SMILES string of the molecule is CCCOCCn1c(=O)c(N2CCN(CCO)CC2)nc2cnc(-c3ccc(OC)c(F)c3)cc21. The van der Waals surface area contributed by atoms with Crippen LogP contribution in [-0.4, -0.2) is 84.2 Å². The molecule has 1 saturated heterocycles. The second kappa shape index (κ2) is 11.6. The zero-order valence-corrected chi connectivity index (χ0v) is 20.2. The van der Waals surface area contributed by atoms with Crippen molar-refractivity contribution in [3.63, 3.8) is 0 Å². The summed E-state index contributed by atoms with van der Waals surface area (Å²) in [5.41, 5.74) is 2.14. The van der Waals surface area contributed by atoms with Gasteiger partial charge in [0.05, 0.1) is 37.7 Å². The Kier molecular flexibility index (Phi) is 8.27. The van der Waals surface area contributed by atoms with E-state index >= 15 is 0 Å². The first-order valence-electron chi connectivity index (χ1n) is 12.0. The average molecular weight is 486 g/mol. The van der Waals surface area contributed by atoms with Gasteiger partial charge in [0.25, 0.3) is 5.56 Å². The zero-order valence-electron chi connectivity index (χ0n) is 20.2. The van der Waals surface area contributed by atoms with Gasteiger partial charge in [0.15, 0.2) is 17.4 Å². The first kappa shape index (κ1) is 25.0. The van der Waals surface area contributed by atoms with Crippen molar-refractivity contribution in [2.24, 2.45) is 0 Å². The molecule has 3 aromatic rings. The van der Waals surface area contributed by atoms with Gasteiger partial charge in [0.2, 0.25) is 0 Å². The average Bonchev–Trinajstić information content (AvgIpc) is 2.88. The number of rotatable bonds is 10. The number of fused-ring (bicyclic) bond motifs is 1. The van der Waals surface area contributed by atoms with Crippen molar-refractivity contribution in [1.82, 2.24) is 19.4 Å². The largest absolute Gasteiger partial charge is 0.494 e. The van der Waals surface area contributed by atoms with Crippen LogP contribution in [-0.2, 0) is 11.3 Å². The molecule has 1 fully saturated rings. The summed E-state index contributed by atoms with van der Waals surface area (Å²) in [5, 5.41) is 9.20. The Balaban J connectivity index is 1.72. The molecular formula is C25H32FN5O4. The lowest BCUT2D eigenvalue weighted by molar-refractivity contribution is 0.127. The van der Waals surface area contributed by atoms with Crippen LogP contribution in [0.5, 0.6) is 5.75 Å². The Morgan fingerprint density at radius 3 is 2.60 bits per heavy atom. The molecule has 0 atom stereocenters. The summed E-state index contributed by atoms with van der Waals surface area (Å²) in [5.74, 6) is 0.0673. The molecule has 10 heteroatoms. The maximum absolute atomic E-state index is 14.3. The summed E-state index contributed by atoms with van der Waals surface area (Å²) >= 11 is 0. The number of aliphatic hydroxyl groups excluding tert-OH is 1. The summed E-state index contributed by atoms with van der Waals surface area (Å²) < 4.78 is 26.7. The molecule has 0 spiro atoms. The molecular weight excluding hydrogens is 453 g/mol. The van der Waals surface area contributed by atoms with Gasteiger partial charge < -0.3 is 24.0 Å². The van der Waals surface area contributed by atoms with Crippen molar-refractivity contribution in [2.45, 2.75) is 19.9 Å². The lowest BCUT2D eigenvalue weighted by Crippen LogP contribution is -2.49. The molecule has 1 aliphatic rings. The Bertz CT molecular complexity index is 1210. The lowest BCUT2D eigenvalue weighted by atomic mass is 10.1. The van der Waals surface area contributed by atoms with E-state index in [0.29, 0.717) is 67.5 Å². The van der Waals surface area contributed by atoms with Crippen molar-refractivity contribution in [1.29, 1.82) is 0 Å². The normalized spacial score (nSPS) is 14.6. The predicted molar refractivity (Wildman–Crippen MR) is 133 cm³/mol. The minimum absolute atomic E-state index is 0.116. The number of β-amino-alcohol motifs (C(OH)–C–C–N with tert-alkyl or cyclic N) is 1. The van der Waals surface area contributed by atoms with Gasteiger partial charge >= 0.3 is 0 Å². The number of halogens is 1. The standard InChI is InChI=1S/C25H32FN5O4/c1-3-13-35-14-11-31-22-16-20(18-4-5-23(34-2)19(26)15-18)27-17-21(22)28-24(25(31)33)30-8-6-29(7-9-30)10-12-32/h4-5,15-17,32H,3,6-14H2,1-2H3. The van der Waals surface area contributed by atoms with Crippen LogP contribution in [0.15, 0.2) is 35.3 Å². The highest BCUT2D eigenvalue weighted by Gasteiger charge is 2.22. The summed E-state index contributed by atoms with van der Waals surface area (Å²) in [6.45, 7) is 6.96. The van der Waals surface area contributed by atoms with Crippen LogP contribution < -0.4 is 15.2 Å². The van der Waals surface area contributed by atoms with E-state index in [0.717, 1.165) is 19.5 Å². The number of aliphatic hydroxyl groups is 1. The molecule has 3 heterocycles. The van der Waals surface area contributed by atoms with E-state index in [-0.39, 0.29) is 17.9 Å². The number of methoxy groups -OCH3 is 1. The van der Waals surface area contributed by atoms with Crippen molar-refractivity contribution in [3.8, 4) is 17.0 Å². The van der Waals surface area contributed by atoms with Gasteiger partial charge in [0.1, 0.15) is 5.52 Å². The van der Waals surface area contributed by atoms with Crippen molar-refractivity contribution < 1.29 is 19.0 Å². The van der Waals surface area contributed by atoms with Crippen molar-refractivity contribution >= 4 is 16.9 Å². The summed E-state index contributed by atoms with van der Waals surface area (Å²) in [6.07, 6.45) is 2.52. The molecule has 0 aliphatic carbocycles. The third-order valence-electron chi connectivity index (χ3n) is 6.16. The fourth-order valence-corrected chi connectivity index (χ4v) is 4.27. The molecule has 4 rings (SSSR count). The molecule has 0 bridgehead atoms. The van der Waals surface area contributed by atoms with Gasteiger partial charge in [-0.2, -0.15) is 0 Å². The minimum Gasteiger partial charge on any atom is -0.494 e. The second-order valence-corrected chi connectivity index (χ2v) is 8.46. The van der Waals surface area contributed by atoms with Gasteiger partial charge in [-0.3, -0.25) is 14.7 Å². The second-order valence-electron chi connectivity index (χ2n) is 8.46. The van der Waals surface area contributed by atoms with Crippen molar-refractivity contribution in [3.05, 3.63) is 46.6 Å². The Morgan fingerprint density at radius 2 is 1.91 bits per heavy atom. The number of hydrogen-bond acceptors (Lipinski definition) is 8. The van der Waals surface area contributed by atoms with E-state index in [1.165, 1.54) is 13.2 Å². The molecule has 1 aliphatic heterocycles. The monoisotopic (exact) mass is 485 g/mol. The number of aromatic nitrogens is 3. The molecule has 1 N–H and O–H groups in total. The molecule has 0 unspecified atom stereocenters. The highest BCUT2D eigenvalue weighted by atomic mass is 19.1. The third-order valence-corrected chi connectivity index (χ3v) is 6.16. The van der Waals surface area contributed by atoms with Crippen LogP contribution in [0.1, 0.15) is 13.3 Å². The molecule has 35 heavy (non-hydrogen) atoms. The molecule has 188 valence electrons. The van der Waals surface area contributed by atoms with E-state index in [4.69, 9.17) is 9.47 Å². The quantitative estimate of drug-likeness (QED) is 0.437. The van der Waals surface area contributed by atoms with Crippen LogP contribution in [0.4, 0.5) is 10.2 Å². The van der Waals surface area contributed by atoms with Crippen LogP contribution in [0.3, 0.4) is 0 Å². The number of pyridine rings is 1. The number of nitrogens with zero attached hydrogens (tertiary/aromatic N) is 5. The van der Waals surface area contributed by atoms with E-state index in [9.17, 15) is 14.3 Å².